The van der Waals surface area contributed by atoms with Gasteiger partial charge in [-0.2, -0.15) is 0 Å². The van der Waals surface area contributed by atoms with E-state index in [-0.39, 0.29) is 0 Å². The van der Waals surface area contributed by atoms with E-state index >= 15 is 0 Å². The van der Waals surface area contributed by atoms with Crippen LogP contribution in [0.2, 0.25) is 0 Å². The third kappa shape index (κ3) is 5.39. The molecule has 4 heteroatoms. The molecule has 1 rings (SSSR count). The summed E-state index contributed by atoms with van der Waals surface area (Å²) < 4.78 is 0. The molecule has 0 aromatic rings. The zero-order valence-corrected chi connectivity index (χ0v) is 11.0. The van der Waals surface area contributed by atoms with Gasteiger partial charge in [-0.25, -0.2) is 0 Å². The Morgan fingerprint density at radius 1 is 1.41 bits per heavy atom. The average Bonchev–Trinajstić information content (AvgIpc) is 2.39. The number of nitrogens with zero attached hydrogens (tertiary/aromatic N) is 1. The van der Waals surface area contributed by atoms with Crippen LogP contribution >= 0.6 is 0 Å². The summed E-state index contributed by atoms with van der Waals surface area (Å²) in [5.74, 6) is 1.19. The van der Waals surface area contributed by atoms with Crippen LogP contribution in [0.1, 0.15) is 58.3 Å². The number of oxime groups is 1. The number of hydrogen-bond acceptors (Lipinski definition) is 3. The van der Waals surface area contributed by atoms with Crippen molar-refractivity contribution in [3.63, 3.8) is 0 Å². The highest BCUT2D eigenvalue weighted by molar-refractivity contribution is 5.79. The molecule has 0 aromatic heterocycles. The van der Waals surface area contributed by atoms with Crippen molar-refractivity contribution in [2.24, 2.45) is 16.8 Å². The molecule has 1 saturated carbocycles. The highest BCUT2D eigenvalue weighted by atomic mass is 16.4. The van der Waals surface area contributed by atoms with E-state index in [9.17, 15) is 0 Å². The summed E-state index contributed by atoms with van der Waals surface area (Å²) in [6.07, 6.45) is 9.78. The van der Waals surface area contributed by atoms with Crippen LogP contribution in [-0.2, 0) is 0 Å². The molecule has 0 aromatic carbocycles. The Hall–Kier alpha value is -0.770. The van der Waals surface area contributed by atoms with Gasteiger partial charge in [0, 0.05) is 12.5 Å². The molecule has 100 valence electrons. The summed E-state index contributed by atoms with van der Waals surface area (Å²) in [5, 5.41) is 15.0. The first-order valence-electron chi connectivity index (χ1n) is 6.97. The monoisotopic (exact) mass is 241 g/mol. The highest BCUT2D eigenvalue weighted by Crippen LogP contribution is 2.27. The number of rotatable bonds is 7. The van der Waals surface area contributed by atoms with Gasteiger partial charge in [0.25, 0.3) is 0 Å². The second kappa shape index (κ2) is 8.34. The van der Waals surface area contributed by atoms with E-state index in [1.165, 1.54) is 38.5 Å². The fraction of sp³-hybridized carbons (Fsp3) is 0.923. The third-order valence-corrected chi connectivity index (χ3v) is 3.80. The summed E-state index contributed by atoms with van der Waals surface area (Å²) in [5.41, 5.74) is 5.44. The van der Waals surface area contributed by atoms with Crippen molar-refractivity contribution in [1.82, 2.24) is 5.32 Å². The van der Waals surface area contributed by atoms with E-state index in [1.807, 2.05) is 0 Å². The van der Waals surface area contributed by atoms with Gasteiger partial charge < -0.3 is 16.3 Å². The van der Waals surface area contributed by atoms with Gasteiger partial charge >= 0.3 is 0 Å². The van der Waals surface area contributed by atoms with Gasteiger partial charge in [0.15, 0.2) is 0 Å². The lowest BCUT2D eigenvalue weighted by molar-refractivity contribution is 0.263. The molecular weight excluding hydrogens is 214 g/mol. The van der Waals surface area contributed by atoms with Crippen LogP contribution < -0.4 is 11.1 Å². The van der Waals surface area contributed by atoms with E-state index < -0.39 is 0 Å². The number of nitrogens with two attached hydrogens (primary N) is 1. The van der Waals surface area contributed by atoms with E-state index in [2.05, 4.69) is 17.4 Å². The summed E-state index contributed by atoms with van der Waals surface area (Å²) in [6, 6.07) is 0.655. The molecule has 0 saturated heterocycles. The van der Waals surface area contributed by atoms with Crippen molar-refractivity contribution < 1.29 is 5.21 Å². The zero-order valence-electron chi connectivity index (χ0n) is 11.0. The predicted molar refractivity (Wildman–Crippen MR) is 71.3 cm³/mol. The van der Waals surface area contributed by atoms with E-state index in [4.69, 9.17) is 10.9 Å². The molecule has 17 heavy (non-hydrogen) atoms. The summed E-state index contributed by atoms with van der Waals surface area (Å²) >= 11 is 0. The molecular formula is C13H27N3O. The topological polar surface area (TPSA) is 70.6 Å². The normalized spacial score (nSPS) is 20.4. The molecule has 1 aliphatic carbocycles. The van der Waals surface area contributed by atoms with Crippen LogP contribution in [0.25, 0.3) is 0 Å². The standard InChI is InChI=1S/C13H27N3O/c1-2-12(11-7-4-3-5-8-11)15-10-6-9-13(14)16-17/h11-12,15,17H,2-10H2,1H3,(H2,14,16). The quantitative estimate of drug-likeness (QED) is 0.211. The molecule has 0 bridgehead atoms. The van der Waals surface area contributed by atoms with Gasteiger partial charge in [-0.3, -0.25) is 0 Å². The first kappa shape index (κ1) is 14.3. The van der Waals surface area contributed by atoms with Crippen molar-refractivity contribution in [2.75, 3.05) is 6.54 Å². The Bertz CT molecular complexity index is 225. The minimum atomic E-state index is 0.331. The van der Waals surface area contributed by atoms with Crippen LogP contribution in [0.5, 0.6) is 0 Å². The van der Waals surface area contributed by atoms with E-state index in [0.29, 0.717) is 18.3 Å². The van der Waals surface area contributed by atoms with E-state index in [1.54, 1.807) is 0 Å². The molecule has 4 N–H and O–H groups in total. The van der Waals surface area contributed by atoms with E-state index in [0.717, 1.165) is 18.9 Å². The predicted octanol–water partition coefficient (Wildman–Crippen LogP) is 2.46. The Morgan fingerprint density at radius 2 is 2.12 bits per heavy atom. The Morgan fingerprint density at radius 3 is 2.71 bits per heavy atom. The SMILES string of the molecule is CCC(NCCCC(N)=NO)C1CCCCC1. The van der Waals surface area contributed by atoms with Crippen LogP contribution in [0, 0.1) is 5.92 Å². The van der Waals surface area contributed by atoms with Crippen molar-refractivity contribution in [2.45, 2.75) is 64.3 Å². The molecule has 0 spiro atoms. The van der Waals surface area contributed by atoms with Crippen LogP contribution in [0.15, 0.2) is 5.16 Å². The lowest BCUT2D eigenvalue weighted by atomic mass is 9.83. The molecule has 0 aliphatic heterocycles. The first-order chi connectivity index (χ1) is 8.27. The molecule has 4 nitrogen and oxygen atoms in total. The van der Waals surface area contributed by atoms with Gasteiger partial charge in [-0.05, 0) is 38.1 Å². The molecule has 1 unspecified atom stereocenters. The maximum atomic E-state index is 8.44. The van der Waals surface area contributed by atoms with Crippen LogP contribution in [0.3, 0.4) is 0 Å². The van der Waals surface area contributed by atoms with Crippen molar-refractivity contribution in [3.8, 4) is 0 Å². The Balaban J connectivity index is 2.17. The second-order valence-electron chi connectivity index (χ2n) is 5.06. The van der Waals surface area contributed by atoms with Crippen molar-refractivity contribution in [1.29, 1.82) is 0 Å². The zero-order chi connectivity index (χ0) is 12.5. The lowest BCUT2D eigenvalue weighted by Crippen LogP contribution is -2.37. The van der Waals surface area contributed by atoms with Gasteiger partial charge in [0.2, 0.25) is 0 Å². The summed E-state index contributed by atoms with van der Waals surface area (Å²) in [4.78, 5) is 0. The second-order valence-corrected chi connectivity index (χ2v) is 5.06. The maximum Gasteiger partial charge on any atom is 0.139 e. The average molecular weight is 241 g/mol. The lowest BCUT2D eigenvalue weighted by Gasteiger charge is -2.30. The van der Waals surface area contributed by atoms with Crippen molar-refractivity contribution >= 4 is 5.84 Å². The largest absolute Gasteiger partial charge is 0.409 e. The molecule has 0 radical (unpaired) electrons. The number of hydrogen-bond donors (Lipinski definition) is 3. The first-order valence-corrected chi connectivity index (χ1v) is 6.97. The fourth-order valence-corrected chi connectivity index (χ4v) is 2.79. The van der Waals surface area contributed by atoms with Gasteiger partial charge in [0.05, 0.1) is 0 Å². The van der Waals surface area contributed by atoms with Crippen molar-refractivity contribution in [3.05, 3.63) is 0 Å². The van der Waals surface area contributed by atoms with Crippen LogP contribution in [-0.4, -0.2) is 23.6 Å². The maximum absolute atomic E-state index is 8.44. The minimum absolute atomic E-state index is 0.331. The van der Waals surface area contributed by atoms with Gasteiger partial charge in [-0.1, -0.05) is 31.3 Å². The van der Waals surface area contributed by atoms with Gasteiger partial charge in [0.1, 0.15) is 5.84 Å². The Kier molecular flexibility index (Phi) is 7.01. The fourth-order valence-electron chi connectivity index (χ4n) is 2.79. The summed E-state index contributed by atoms with van der Waals surface area (Å²) in [6.45, 7) is 3.22. The smallest absolute Gasteiger partial charge is 0.139 e. The van der Waals surface area contributed by atoms with Gasteiger partial charge in [-0.15, -0.1) is 0 Å². The Labute approximate surface area is 105 Å². The summed E-state index contributed by atoms with van der Waals surface area (Å²) in [7, 11) is 0. The highest BCUT2D eigenvalue weighted by Gasteiger charge is 2.21. The molecule has 0 heterocycles. The molecule has 1 fully saturated rings. The number of amidine groups is 1. The number of nitrogens with one attached hydrogen (secondary N) is 1. The third-order valence-electron chi connectivity index (χ3n) is 3.80. The molecule has 0 amide bonds. The van der Waals surface area contributed by atoms with Crippen LogP contribution in [0.4, 0.5) is 0 Å². The minimum Gasteiger partial charge on any atom is -0.409 e. The molecule has 1 atom stereocenters. The molecule has 1 aliphatic rings.